The lowest BCUT2D eigenvalue weighted by atomic mass is 10.2. The van der Waals surface area contributed by atoms with Gasteiger partial charge in [0.2, 0.25) is 6.23 Å². The van der Waals surface area contributed by atoms with E-state index in [0.29, 0.717) is 0 Å². The SMILES string of the molecule is CNC1Oc2ccccc2N(C)C1=O. The molecule has 1 atom stereocenters. The molecule has 0 radical (unpaired) electrons. The van der Waals surface area contributed by atoms with Crippen LogP contribution in [0.1, 0.15) is 0 Å². The average molecular weight is 192 g/mol. The fourth-order valence-corrected chi connectivity index (χ4v) is 1.49. The first-order chi connectivity index (χ1) is 6.74. The lowest BCUT2D eigenvalue weighted by Gasteiger charge is -2.31. The molecule has 4 nitrogen and oxygen atoms in total. The molecule has 14 heavy (non-hydrogen) atoms. The largest absolute Gasteiger partial charge is 0.464 e. The van der Waals surface area contributed by atoms with Crippen LogP contribution in [-0.2, 0) is 4.79 Å². The number of amides is 1. The maximum atomic E-state index is 11.7. The number of likely N-dealkylation sites (N-methyl/N-ethyl adjacent to an activating group) is 2. The highest BCUT2D eigenvalue weighted by Gasteiger charge is 2.30. The number of para-hydroxylation sites is 2. The zero-order valence-corrected chi connectivity index (χ0v) is 8.15. The fourth-order valence-electron chi connectivity index (χ4n) is 1.49. The van der Waals surface area contributed by atoms with Crippen LogP contribution in [0.4, 0.5) is 5.69 Å². The molecule has 0 fully saturated rings. The summed E-state index contributed by atoms with van der Waals surface area (Å²) in [4.78, 5) is 13.3. The van der Waals surface area contributed by atoms with Crippen LogP contribution in [0.2, 0.25) is 0 Å². The molecule has 0 saturated carbocycles. The number of carbonyl (C=O) groups is 1. The summed E-state index contributed by atoms with van der Waals surface area (Å²) in [5.41, 5.74) is 0.809. The van der Waals surface area contributed by atoms with Gasteiger partial charge in [-0.05, 0) is 19.2 Å². The molecular formula is C10H12N2O2. The maximum absolute atomic E-state index is 11.7. The van der Waals surface area contributed by atoms with Crippen LogP contribution in [0, 0.1) is 0 Å². The van der Waals surface area contributed by atoms with E-state index in [1.54, 1.807) is 19.0 Å². The Morgan fingerprint density at radius 2 is 2.14 bits per heavy atom. The number of nitrogens with one attached hydrogen (secondary N) is 1. The minimum absolute atomic E-state index is 0.0776. The van der Waals surface area contributed by atoms with E-state index in [2.05, 4.69) is 5.32 Å². The first kappa shape index (κ1) is 9.02. The molecular weight excluding hydrogens is 180 g/mol. The van der Waals surface area contributed by atoms with Crippen LogP contribution < -0.4 is 15.0 Å². The third-order valence-corrected chi connectivity index (χ3v) is 2.29. The minimum Gasteiger partial charge on any atom is -0.464 e. The van der Waals surface area contributed by atoms with Gasteiger partial charge in [0.15, 0.2) is 0 Å². The number of hydrogen-bond acceptors (Lipinski definition) is 3. The van der Waals surface area contributed by atoms with Gasteiger partial charge >= 0.3 is 0 Å². The van der Waals surface area contributed by atoms with E-state index in [-0.39, 0.29) is 5.91 Å². The van der Waals surface area contributed by atoms with E-state index in [4.69, 9.17) is 4.74 Å². The summed E-state index contributed by atoms with van der Waals surface area (Å²) in [7, 11) is 3.44. The smallest absolute Gasteiger partial charge is 0.283 e. The lowest BCUT2D eigenvalue weighted by Crippen LogP contribution is -2.50. The summed E-state index contributed by atoms with van der Waals surface area (Å²) in [5, 5.41) is 2.81. The Bertz CT molecular complexity index is 365. The summed E-state index contributed by atoms with van der Waals surface area (Å²) in [6.07, 6.45) is -0.574. The van der Waals surface area contributed by atoms with Crippen LogP contribution >= 0.6 is 0 Å². The van der Waals surface area contributed by atoms with E-state index in [9.17, 15) is 4.79 Å². The van der Waals surface area contributed by atoms with Gasteiger partial charge in [-0.15, -0.1) is 0 Å². The van der Waals surface area contributed by atoms with E-state index < -0.39 is 6.23 Å². The molecule has 0 aromatic heterocycles. The van der Waals surface area contributed by atoms with Crippen LogP contribution in [0.3, 0.4) is 0 Å². The summed E-state index contributed by atoms with van der Waals surface area (Å²) in [6, 6.07) is 7.47. The molecule has 0 spiro atoms. The van der Waals surface area contributed by atoms with Crippen molar-refractivity contribution in [2.24, 2.45) is 0 Å². The van der Waals surface area contributed by atoms with Gasteiger partial charge in [-0.25, -0.2) is 0 Å². The van der Waals surface area contributed by atoms with Crippen molar-refractivity contribution in [1.82, 2.24) is 5.32 Å². The molecule has 1 aliphatic heterocycles. The van der Waals surface area contributed by atoms with E-state index in [1.165, 1.54) is 0 Å². The summed E-state index contributed by atoms with van der Waals surface area (Å²) in [5.74, 6) is 0.653. The van der Waals surface area contributed by atoms with Gasteiger partial charge < -0.3 is 9.64 Å². The zero-order valence-electron chi connectivity index (χ0n) is 8.15. The summed E-state index contributed by atoms with van der Waals surface area (Å²) < 4.78 is 5.46. The number of anilines is 1. The third kappa shape index (κ3) is 1.24. The maximum Gasteiger partial charge on any atom is 0.283 e. The van der Waals surface area contributed by atoms with Gasteiger partial charge in [-0.1, -0.05) is 12.1 Å². The van der Waals surface area contributed by atoms with E-state index in [0.717, 1.165) is 11.4 Å². The van der Waals surface area contributed by atoms with Crippen LogP contribution in [0.5, 0.6) is 5.75 Å². The molecule has 4 heteroatoms. The van der Waals surface area contributed by atoms with Gasteiger partial charge in [0.05, 0.1) is 5.69 Å². The second-order valence-corrected chi connectivity index (χ2v) is 3.15. The topological polar surface area (TPSA) is 41.6 Å². The zero-order chi connectivity index (χ0) is 10.1. The molecule has 0 bridgehead atoms. The molecule has 1 amide bonds. The van der Waals surface area contributed by atoms with Crippen LogP contribution in [0.25, 0.3) is 0 Å². The monoisotopic (exact) mass is 192 g/mol. The molecule has 1 unspecified atom stereocenters. The van der Waals surface area contributed by atoms with E-state index >= 15 is 0 Å². The van der Waals surface area contributed by atoms with Crippen molar-refractivity contribution in [1.29, 1.82) is 0 Å². The van der Waals surface area contributed by atoms with Crippen molar-refractivity contribution >= 4 is 11.6 Å². The number of fused-ring (bicyclic) bond motifs is 1. The molecule has 1 aromatic rings. The normalized spacial score (nSPS) is 20.3. The van der Waals surface area contributed by atoms with Gasteiger partial charge in [-0.2, -0.15) is 0 Å². The van der Waals surface area contributed by atoms with Gasteiger partial charge in [0.25, 0.3) is 5.91 Å². The minimum atomic E-state index is -0.574. The Morgan fingerprint density at radius 1 is 1.43 bits per heavy atom. The molecule has 0 aliphatic carbocycles. The predicted octanol–water partition coefficient (Wildman–Crippen LogP) is 0.587. The Morgan fingerprint density at radius 3 is 2.86 bits per heavy atom. The molecule has 1 aromatic carbocycles. The number of carbonyl (C=O) groups excluding carboxylic acids is 1. The first-order valence-electron chi connectivity index (χ1n) is 4.44. The van der Waals surface area contributed by atoms with Crippen molar-refractivity contribution in [3.8, 4) is 5.75 Å². The highest BCUT2D eigenvalue weighted by molar-refractivity contribution is 5.99. The van der Waals surface area contributed by atoms with Gasteiger partial charge in [-0.3, -0.25) is 10.1 Å². The average Bonchev–Trinajstić information content (AvgIpc) is 2.23. The number of hydrogen-bond donors (Lipinski definition) is 1. The quantitative estimate of drug-likeness (QED) is 0.708. The Labute approximate surface area is 82.5 Å². The Hall–Kier alpha value is -1.55. The molecule has 0 saturated heterocycles. The summed E-state index contributed by atoms with van der Waals surface area (Å²) in [6.45, 7) is 0. The van der Waals surface area contributed by atoms with Crippen LogP contribution in [0.15, 0.2) is 24.3 Å². The van der Waals surface area contributed by atoms with Gasteiger partial charge in [0, 0.05) is 7.05 Å². The Kier molecular flexibility index (Phi) is 2.13. The standard InChI is InChI=1S/C10H12N2O2/c1-11-9-10(13)12(2)7-5-3-4-6-8(7)14-9/h3-6,9,11H,1-2H3. The third-order valence-electron chi connectivity index (χ3n) is 2.29. The second kappa shape index (κ2) is 3.31. The van der Waals surface area contributed by atoms with Crippen molar-refractivity contribution in [3.63, 3.8) is 0 Å². The van der Waals surface area contributed by atoms with E-state index in [1.807, 2.05) is 24.3 Å². The van der Waals surface area contributed by atoms with Crippen molar-refractivity contribution < 1.29 is 9.53 Å². The van der Waals surface area contributed by atoms with Crippen molar-refractivity contribution in [2.45, 2.75) is 6.23 Å². The summed E-state index contributed by atoms with van der Waals surface area (Å²) >= 11 is 0. The number of nitrogens with zero attached hydrogens (tertiary/aromatic N) is 1. The number of ether oxygens (including phenoxy) is 1. The first-order valence-corrected chi connectivity index (χ1v) is 4.44. The Balaban J connectivity index is 2.42. The molecule has 1 N–H and O–H groups in total. The van der Waals surface area contributed by atoms with Gasteiger partial charge in [0.1, 0.15) is 5.75 Å². The molecule has 74 valence electrons. The molecule has 1 aliphatic rings. The van der Waals surface area contributed by atoms with Crippen molar-refractivity contribution in [3.05, 3.63) is 24.3 Å². The van der Waals surface area contributed by atoms with Crippen molar-refractivity contribution in [2.75, 3.05) is 19.0 Å². The second-order valence-electron chi connectivity index (χ2n) is 3.15. The lowest BCUT2D eigenvalue weighted by molar-refractivity contribution is -0.127. The fraction of sp³-hybridized carbons (Fsp3) is 0.300. The highest BCUT2D eigenvalue weighted by atomic mass is 16.5. The van der Waals surface area contributed by atoms with Crippen LogP contribution in [-0.4, -0.2) is 26.2 Å². The predicted molar refractivity (Wildman–Crippen MR) is 53.3 cm³/mol. The molecule has 2 rings (SSSR count). The highest BCUT2D eigenvalue weighted by Crippen LogP contribution is 2.31. The molecule has 1 heterocycles. The number of rotatable bonds is 1. The number of benzene rings is 1.